The fourth-order valence-electron chi connectivity index (χ4n) is 1.94. The second-order valence-corrected chi connectivity index (χ2v) is 4.74. The van der Waals surface area contributed by atoms with E-state index < -0.39 is 0 Å². The molecule has 0 atom stereocenters. The Morgan fingerprint density at radius 1 is 1.21 bits per heavy atom. The first kappa shape index (κ1) is 15.9. The summed E-state index contributed by atoms with van der Waals surface area (Å²) in [5.74, 6) is -0.218. The summed E-state index contributed by atoms with van der Waals surface area (Å²) in [6.07, 6.45) is 8.74. The zero-order valence-electron chi connectivity index (χ0n) is 12.0. The Balaban J connectivity index is 2.27. The highest BCUT2D eigenvalue weighted by Crippen LogP contribution is 2.17. The molecule has 0 bridgehead atoms. The van der Waals surface area contributed by atoms with Crippen molar-refractivity contribution in [2.75, 3.05) is 13.7 Å². The Hall–Kier alpha value is -1.16. The number of unbranched alkanes of at least 4 members (excludes halogenated alkanes) is 5. The first-order valence-corrected chi connectivity index (χ1v) is 7.20. The number of nitrogens with one attached hydrogen (secondary N) is 1. The molecule has 108 valence electrons. The molecule has 1 aromatic rings. The van der Waals surface area contributed by atoms with Crippen molar-refractivity contribution >= 4 is 0 Å². The molecule has 0 fully saturated rings. The van der Waals surface area contributed by atoms with E-state index in [9.17, 15) is 4.39 Å². The van der Waals surface area contributed by atoms with Gasteiger partial charge in [0, 0.05) is 18.3 Å². The predicted octanol–water partition coefficient (Wildman–Crippen LogP) is 3.68. The normalized spacial score (nSPS) is 10.7. The highest BCUT2D eigenvalue weighted by molar-refractivity contribution is 5.23. The smallest absolute Gasteiger partial charge is 0.250 e. The molecular formula is C15H25FN2O. The first-order chi connectivity index (χ1) is 9.29. The molecule has 4 heteroatoms. The van der Waals surface area contributed by atoms with Crippen LogP contribution in [0, 0.1) is 5.82 Å². The number of nitrogens with zero attached hydrogens (tertiary/aromatic N) is 1. The van der Waals surface area contributed by atoms with Crippen molar-refractivity contribution in [3.8, 4) is 5.88 Å². The van der Waals surface area contributed by atoms with E-state index in [-0.39, 0.29) is 11.7 Å². The number of pyridine rings is 1. The van der Waals surface area contributed by atoms with Crippen LogP contribution in [0.3, 0.4) is 0 Å². The molecule has 1 heterocycles. The van der Waals surface area contributed by atoms with E-state index in [0.717, 1.165) is 12.8 Å². The quantitative estimate of drug-likeness (QED) is 0.657. The molecule has 19 heavy (non-hydrogen) atoms. The lowest BCUT2D eigenvalue weighted by Gasteiger charge is -2.08. The predicted molar refractivity (Wildman–Crippen MR) is 75.8 cm³/mol. The largest absolute Gasteiger partial charge is 0.476 e. The topological polar surface area (TPSA) is 34.1 Å². The minimum Gasteiger partial charge on any atom is -0.476 e. The molecule has 1 N–H and O–H groups in total. The van der Waals surface area contributed by atoms with E-state index in [1.54, 1.807) is 19.3 Å². The van der Waals surface area contributed by atoms with Gasteiger partial charge in [-0.2, -0.15) is 0 Å². The molecule has 0 radical (unpaired) electrons. The van der Waals surface area contributed by atoms with Gasteiger partial charge in [-0.15, -0.1) is 0 Å². The molecule has 0 amide bonds. The highest BCUT2D eigenvalue weighted by Gasteiger charge is 2.09. The molecule has 0 saturated heterocycles. The molecule has 0 unspecified atom stereocenters. The van der Waals surface area contributed by atoms with Gasteiger partial charge >= 0.3 is 0 Å². The van der Waals surface area contributed by atoms with Gasteiger partial charge in [-0.1, -0.05) is 39.0 Å². The van der Waals surface area contributed by atoms with Crippen LogP contribution in [-0.2, 0) is 6.54 Å². The molecule has 0 aliphatic carbocycles. The van der Waals surface area contributed by atoms with E-state index in [0.29, 0.717) is 18.7 Å². The Kier molecular flexibility index (Phi) is 8.14. The Labute approximate surface area is 115 Å². The lowest BCUT2D eigenvalue weighted by Crippen LogP contribution is -2.09. The average Bonchev–Trinajstić information content (AvgIpc) is 2.42. The first-order valence-electron chi connectivity index (χ1n) is 7.20. The van der Waals surface area contributed by atoms with E-state index in [4.69, 9.17) is 4.74 Å². The summed E-state index contributed by atoms with van der Waals surface area (Å²) < 4.78 is 19.3. The third kappa shape index (κ3) is 6.01. The summed E-state index contributed by atoms with van der Waals surface area (Å²) in [5.41, 5.74) is 0.593. The Morgan fingerprint density at radius 2 is 1.95 bits per heavy atom. The van der Waals surface area contributed by atoms with Crippen LogP contribution in [0.5, 0.6) is 5.88 Å². The van der Waals surface area contributed by atoms with Crippen molar-refractivity contribution in [1.82, 2.24) is 10.3 Å². The highest BCUT2D eigenvalue weighted by atomic mass is 19.1. The lowest BCUT2D eigenvalue weighted by atomic mass is 10.1. The van der Waals surface area contributed by atoms with Gasteiger partial charge in [-0.05, 0) is 19.5 Å². The van der Waals surface area contributed by atoms with E-state index in [1.165, 1.54) is 25.7 Å². The van der Waals surface area contributed by atoms with Crippen molar-refractivity contribution in [3.63, 3.8) is 0 Å². The van der Waals surface area contributed by atoms with Crippen LogP contribution in [0.25, 0.3) is 0 Å². The monoisotopic (exact) mass is 268 g/mol. The number of hydrogen-bond donors (Lipinski definition) is 1. The van der Waals surface area contributed by atoms with Crippen molar-refractivity contribution in [2.24, 2.45) is 0 Å². The molecule has 0 aromatic carbocycles. The van der Waals surface area contributed by atoms with Crippen LogP contribution in [0.4, 0.5) is 4.39 Å². The van der Waals surface area contributed by atoms with Gasteiger partial charge in [-0.25, -0.2) is 9.37 Å². The second-order valence-electron chi connectivity index (χ2n) is 4.74. The molecule has 0 spiro atoms. The molecule has 0 aliphatic rings. The van der Waals surface area contributed by atoms with E-state index in [2.05, 4.69) is 17.2 Å². The van der Waals surface area contributed by atoms with Gasteiger partial charge in [0.1, 0.15) is 0 Å². The molecule has 1 rings (SSSR count). The van der Waals surface area contributed by atoms with Gasteiger partial charge in [-0.3, -0.25) is 0 Å². The van der Waals surface area contributed by atoms with E-state index in [1.807, 2.05) is 0 Å². The SMILES string of the molecule is CCCCCCCCOc1nccc(CNC)c1F. The van der Waals surface area contributed by atoms with Crippen LogP contribution in [0.15, 0.2) is 12.3 Å². The number of halogens is 1. The number of ether oxygens (including phenoxy) is 1. The zero-order chi connectivity index (χ0) is 13.9. The van der Waals surface area contributed by atoms with Crippen molar-refractivity contribution in [2.45, 2.75) is 52.0 Å². The lowest BCUT2D eigenvalue weighted by molar-refractivity contribution is 0.277. The summed E-state index contributed by atoms with van der Waals surface area (Å²) in [7, 11) is 1.79. The van der Waals surface area contributed by atoms with Gasteiger partial charge in [0.25, 0.3) is 5.88 Å². The maximum Gasteiger partial charge on any atom is 0.250 e. The van der Waals surface area contributed by atoms with E-state index >= 15 is 0 Å². The van der Waals surface area contributed by atoms with Crippen LogP contribution >= 0.6 is 0 Å². The van der Waals surface area contributed by atoms with Crippen LogP contribution in [0.2, 0.25) is 0 Å². The molecule has 1 aromatic heterocycles. The number of aromatic nitrogens is 1. The minimum absolute atomic E-state index is 0.126. The molecular weight excluding hydrogens is 243 g/mol. The van der Waals surface area contributed by atoms with Crippen LogP contribution in [-0.4, -0.2) is 18.6 Å². The summed E-state index contributed by atoms with van der Waals surface area (Å²) in [6.45, 7) is 3.23. The number of hydrogen-bond acceptors (Lipinski definition) is 3. The zero-order valence-corrected chi connectivity index (χ0v) is 12.0. The summed E-state index contributed by atoms with van der Waals surface area (Å²) in [5, 5.41) is 2.92. The maximum absolute atomic E-state index is 13.9. The minimum atomic E-state index is -0.345. The van der Waals surface area contributed by atoms with Gasteiger partial charge in [0.2, 0.25) is 0 Å². The van der Waals surface area contributed by atoms with Crippen LogP contribution < -0.4 is 10.1 Å². The summed E-state index contributed by atoms with van der Waals surface area (Å²) in [6, 6.07) is 1.67. The Bertz CT molecular complexity index is 358. The molecule has 0 saturated carbocycles. The average molecular weight is 268 g/mol. The van der Waals surface area contributed by atoms with Crippen molar-refractivity contribution in [3.05, 3.63) is 23.6 Å². The third-order valence-electron chi connectivity index (χ3n) is 3.04. The Morgan fingerprint density at radius 3 is 2.68 bits per heavy atom. The van der Waals surface area contributed by atoms with Gasteiger partial charge in [0.05, 0.1) is 6.61 Å². The van der Waals surface area contributed by atoms with Crippen molar-refractivity contribution < 1.29 is 9.13 Å². The van der Waals surface area contributed by atoms with Crippen molar-refractivity contribution in [1.29, 1.82) is 0 Å². The summed E-state index contributed by atoms with van der Waals surface area (Å²) >= 11 is 0. The molecule has 3 nitrogen and oxygen atoms in total. The maximum atomic E-state index is 13.9. The van der Waals surface area contributed by atoms with Crippen LogP contribution in [0.1, 0.15) is 51.0 Å². The fraction of sp³-hybridized carbons (Fsp3) is 0.667. The fourth-order valence-corrected chi connectivity index (χ4v) is 1.94. The summed E-state index contributed by atoms with van der Waals surface area (Å²) in [4.78, 5) is 3.94. The third-order valence-corrected chi connectivity index (χ3v) is 3.04. The van der Waals surface area contributed by atoms with Gasteiger partial charge < -0.3 is 10.1 Å². The number of rotatable bonds is 10. The standard InChI is InChI=1S/C15H25FN2O/c1-3-4-5-6-7-8-11-19-15-14(16)13(12-17-2)9-10-18-15/h9-10,17H,3-8,11-12H2,1-2H3. The van der Waals surface area contributed by atoms with Gasteiger partial charge in [0.15, 0.2) is 5.82 Å². The second kappa shape index (κ2) is 9.73. The molecule has 0 aliphatic heterocycles.